The van der Waals surface area contributed by atoms with Gasteiger partial charge in [0.05, 0.1) is 0 Å². The number of hydrogen-bond donors (Lipinski definition) is 1. The zero-order valence-corrected chi connectivity index (χ0v) is 16.4. The van der Waals surface area contributed by atoms with Gasteiger partial charge in [-0.05, 0) is 40.7 Å². The Kier molecular flexibility index (Phi) is 7.35. The molecule has 2 rings (SSSR count). The minimum Gasteiger partial charge on any atom is -0.452 e. The molecule has 0 saturated heterocycles. The van der Waals surface area contributed by atoms with Crippen LogP contribution in [0.4, 0.5) is 5.69 Å². The first kappa shape index (κ1) is 20.4. The lowest BCUT2D eigenvalue weighted by Gasteiger charge is -2.13. The summed E-state index contributed by atoms with van der Waals surface area (Å²) in [6.07, 6.45) is 3.01. The van der Waals surface area contributed by atoms with Crippen LogP contribution in [0.3, 0.4) is 0 Å². The smallest absolute Gasteiger partial charge is 0.331 e. The number of nitrogens with one attached hydrogen (secondary N) is 1. The van der Waals surface area contributed by atoms with Crippen molar-refractivity contribution >= 4 is 23.6 Å². The van der Waals surface area contributed by atoms with E-state index in [1.807, 2.05) is 48.5 Å². The number of benzene rings is 2. The molecule has 2 aromatic rings. The highest BCUT2D eigenvalue weighted by atomic mass is 16.5. The van der Waals surface area contributed by atoms with E-state index in [0.29, 0.717) is 5.92 Å². The number of para-hydroxylation sites is 1. The maximum Gasteiger partial charge on any atom is 0.331 e. The van der Waals surface area contributed by atoms with Crippen LogP contribution < -0.4 is 5.32 Å². The molecule has 0 bridgehead atoms. The van der Waals surface area contributed by atoms with E-state index in [2.05, 4.69) is 33.0 Å². The van der Waals surface area contributed by atoms with Gasteiger partial charge in [-0.25, -0.2) is 4.79 Å². The molecule has 0 saturated carbocycles. The van der Waals surface area contributed by atoms with Gasteiger partial charge in [0, 0.05) is 11.8 Å². The molecule has 27 heavy (non-hydrogen) atoms. The van der Waals surface area contributed by atoms with E-state index in [-0.39, 0.29) is 18.4 Å². The van der Waals surface area contributed by atoms with Gasteiger partial charge in [-0.1, -0.05) is 70.2 Å². The van der Waals surface area contributed by atoms with Crippen molar-refractivity contribution < 1.29 is 14.3 Å². The van der Waals surface area contributed by atoms with Gasteiger partial charge < -0.3 is 10.1 Å². The number of amides is 1. The van der Waals surface area contributed by atoms with Crippen molar-refractivity contribution in [3.63, 3.8) is 0 Å². The largest absolute Gasteiger partial charge is 0.452 e. The van der Waals surface area contributed by atoms with Crippen LogP contribution in [0, 0.1) is 0 Å². The van der Waals surface area contributed by atoms with E-state index in [9.17, 15) is 9.59 Å². The van der Waals surface area contributed by atoms with Crippen molar-refractivity contribution in [2.45, 2.75) is 39.5 Å². The fourth-order valence-corrected chi connectivity index (χ4v) is 2.64. The van der Waals surface area contributed by atoms with Gasteiger partial charge in [0.15, 0.2) is 6.61 Å². The molecule has 2 aromatic carbocycles. The lowest BCUT2D eigenvalue weighted by atomic mass is 10.0. The summed E-state index contributed by atoms with van der Waals surface area (Å²) in [6, 6.07) is 15.6. The fourth-order valence-electron chi connectivity index (χ4n) is 2.64. The Morgan fingerprint density at radius 3 is 2.26 bits per heavy atom. The second-order valence-corrected chi connectivity index (χ2v) is 7.05. The van der Waals surface area contributed by atoms with E-state index >= 15 is 0 Å². The molecule has 0 spiro atoms. The Labute approximate surface area is 161 Å². The molecule has 4 nitrogen and oxygen atoms in total. The van der Waals surface area contributed by atoms with Gasteiger partial charge in [0.25, 0.3) is 5.91 Å². The van der Waals surface area contributed by atoms with Crippen LogP contribution in [0.1, 0.15) is 56.2 Å². The molecular weight excluding hydrogens is 338 g/mol. The molecule has 0 aliphatic heterocycles. The third-order valence-corrected chi connectivity index (χ3v) is 4.22. The minimum atomic E-state index is -0.546. The lowest BCUT2D eigenvalue weighted by Crippen LogP contribution is -2.21. The average Bonchev–Trinajstić information content (AvgIpc) is 2.65. The fraction of sp³-hybridized carbons (Fsp3) is 0.304. The third kappa shape index (κ3) is 6.41. The summed E-state index contributed by atoms with van der Waals surface area (Å²) < 4.78 is 5.02. The van der Waals surface area contributed by atoms with Gasteiger partial charge in [-0.15, -0.1) is 0 Å². The van der Waals surface area contributed by atoms with Gasteiger partial charge in [-0.3, -0.25) is 4.79 Å². The SMILES string of the molecule is CC(C)c1ccc(C=CC(=O)OCC(=O)Nc2ccccc2C(C)C)cc1. The van der Waals surface area contributed by atoms with Crippen LogP contribution in [-0.2, 0) is 14.3 Å². The number of carbonyl (C=O) groups is 2. The first-order valence-electron chi connectivity index (χ1n) is 9.20. The van der Waals surface area contributed by atoms with Crippen molar-refractivity contribution in [2.24, 2.45) is 0 Å². The van der Waals surface area contributed by atoms with Crippen LogP contribution in [0.2, 0.25) is 0 Å². The molecular formula is C23H27NO3. The quantitative estimate of drug-likeness (QED) is 0.547. The highest BCUT2D eigenvalue weighted by molar-refractivity contribution is 5.95. The Morgan fingerprint density at radius 1 is 0.963 bits per heavy atom. The van der Waals surface area contributed by atoms with Gasteiger partial charge in [0.1, 0.15) is 0 Å². The number of ether oxygens (including phenoxy) is 1. The van der Waals surface area contributed by atoms with E-state index in [1.54, 1.807) is 6.08 Å². The van der Waals surface area contributed by atoms with Crippen molar-refractivity contribution in [2.75, 3.05) is 11.9 Å². The highest BCUT2D eigenvalue weighted by Gasteiger charge is 2.10. The standard InChI is InChI=1S/C23H27NO3/c1-16(2)19-12-9-18(10-13-19)11-14-23(26)27-15-22(25)24-21-8-6-5-7-20(21)17(3)4/h5-14,16-17H,15H2,1-4H3,(H,24,25). The molecule has 4 heteroatoms. The monoisotopic (exact) mass is 365 g/mol. The Hall–Kier alpha value is -2.88. The average molecular weight is 365 g/mol. The summed E-state index contributed by atoms with van der Waals surface area (Å²) in [4.78, 5) is 23.9. The maximum absolute atomic E-state index is 12.1. The maximum atomic E-state index is 12.1. The van der Waals surface area contributed by atoms with Crippen molar-refractivity contribution in [1.82, 2.24) is 0 Å². The Morgan fingerprint density at radius 2 is 1.63 bits per heavy atom. The molecule has 1 amide bonds. The molecule has 0 unspecified atom stereocenters. The van der Waals surface area contributed by atoms with E-state index in [1.165, 1.54) is 11.6 Å². The highest BCUT2D eigenvalue weighted by Crippen LogP contribution is 2.23. The number of carbonyl (C=O) groups excluding carboxylic acids is 2. The molecule has 1 N–H and O–H groups in total. The molecule has 0 radical (unpaired) electrons. The number of rotatable bonds is 7. The Balaban J connectivity index is 1.85. The second-order valence-electron chi connectivity index (χ2n) is 7.05. The molecule has 0 aromatic heterocycles. The zero-order chi connectivity index (χ0) is 19.8. The van der Waals surface area contributed by atoms with Gasteiger partial charge in [-0.2, -0.15) is 0 Å². The summed E-state index contributed by atoms with van der Waals surface area (Å²) in [6.45, 7) is 8.06. The van der Waals surface area contributed by atoms with Crippen LogP contribution in [0.25, 0.3) is 6.08 Å². The summed E-state index contributed by atoms with van der Waals surface area (Å²) in [5.41, 5.74) is 3.94. The zero-order valence-electron chi connectivity index (χ0n) is 16.4. The first-order valence-corrected chi connectivity index (χ1v) is 9.20. The summed E-state index contributed by atoms with van der Waals surface area (Å²) in [5.74, 6) is -0.150. The van der Waals surface area contributed by atoms with E-state index in [0.717, 1.165) is 16.8 Å². The van der Waals surface area contributed by atoms with Gasteiger partial charge >= 0.3 is 5.97 Å². The third-order valence-electron chi connectivity index (χ3n) is 4.22. The van der Waals surface area contributed by atoms with Crippen molar-refractivity contribution in [1.29, 1.82) is 0 Å². The molecule has 0 atom stereocenters. The van der Waals surface area contributed by atoms with E-state index < -0.39 is 5.97 Å². The molecule has 142 valence electrons. The predicted molar refractivity (Wildman–Crippen MR) is 110 cm³/mol. The second kappa shape index (κ2) is 9.72. The molecule has 0 fully saturated rings. The number of esters is 1. The summed E-state index contributed by atoms with van der Waals surface area (Å²) in [7, 11) is 0. The number of anilines is 1. The number of hydrogen-bond acceptors (Lipinski definition) is 3. The molecule has 0 heterocycles. The first-order chi connectivity index (χ1) is 12.9. The van der Waals surface area contributed by atoms with Crippen LogP contribution in [-0.4, -0.2) is 18.5 Å². The normalized spacial score (nSPS) is 11.2. The van der Waals surface area contributed by atoms with Crippen molar-refractivity contribution in [3.8, 4) is 0 Å². The Bertz CT molecular complexity index is 805. The van der Waals surface area contributed by atoms with Gasteiger partial charge in [0.2, 0.25) is 0 Å². The van der Waals surface area contributed by atoms with Crippen molar-refractivity contribution in [3.05, 3.63) is 71.3 Å². The summed E-state index contributed by atoms with van der Waals surface area (Å²) >= 11 is 0. The minimum absolute atomic E-state index is 0.286. The van der Waals surface area contributed by atoms with Crippen LogP contribution >= 0.6 is 0 Å². The van der Waals surface area contributed by atoms with Crippen LogP contribution in [0.5, 0.6) is 0 Å². The van der Waals surface area contributed by atoms with Crippen LogP contribution in [0.15, 0.2) is 54.6 Å². The topological polar surface area (TPSA) is 55.4 Å². The summed E-state index contributed by atoms with van der Waals surface area (Å²) in [5, 5.41) is 2.80. The lowest BCUT2D eigenvalue weighted by molar-refractivity contribution is -0.142. The molecule has 0 aliphatic carbocycles. The molecule has 0 aliphatic rings. The predicted octanol–water partition coefficient (Wildman–Crippen LogP) is 5.13. The van der Waals surface area contributed by atoms with E-state index in [4.69, 9.17) is 4.74 Å².